The molecular weight excluding hydrogens is 294 g/mol. The fourth-order valence-corrected chi connectivity index (χ4v) is 2.80. The molecule has 0 saturated heterocycles. The summed E-state index contributed by atoms with van der Waals surface area (Å²) in [5.74, 6) is 1.17. The second kappa shape index (κ2) is 6.36. The molecule has 7 nitrogen and oxygen atoms in total. The average molecular weight is 315 g/mol. The van der Waals surface area contributed by atoms with Crippen molar-refractivity contribution in [3.63, 3.8) is 0 Å². The van der Waals surface area contributed by atoms with Gasteiger partial charge >= 0.3 is 0 Å². The van der Waals surface area contributed by atoms with Crippen LogP contribution in [0.5, 0.6) is 5.75 Å². The van der Waals surface area contributed by atoms with Crippen LogP contribution in [-0.2, 0) is 11.2 Å². The Balaban J connectivity index is 1.69. The van der Waals surface area contributed by atoms with Crippen LogP contribution in [0.25, 0.3) is 0 Å². The third-order valence-corrected chi connectivity index (χ3v) is 4.21. The fraction of sp³-hybridized carbons (Fsp3) is 0.500. The molecule has 2 atom stereocenters. The lowest BCUT2D eigenvalue weighted by molar-refractivity contribution is -0.128. The van der Waals surface area contributed by atoms with E-state index in [1.165, 1.54) is 11.1 Å². The van der Waals surface area contributed by atoms with Crippen LogP contribution >= 0.6 is 0 Å². The van der Waals surface area contributed by atoms with Crippen LogP contribution in [0, 0.1) is 13.8 Å². The van der Waals surface area contributed by atoms with Gasteiger partial charge in [-0.2, -0.15) is 5.21 Å². The van der Waals surface area contributed by atoms with Gasteiger partial charge < -0.3 is 10.1 Å². The molecule has 1 aliphatic rings. The summed E-state index contributed by atoms with van der Waals surface area (Å²) in [6.45, 7) is 6.16. The van der Waals surface area contributed by atoms with E-state index in [0.717, 1.165) is 24.2 Å². The van der Waals surface area contributed by atoms with Crippen LogP contribution in [0.1, 0.15) is 48.3 Å². The molecule has 1 aromatic heterocycles. The minimum Gasteiger partial charge on any atom is -0.480 e. The van der Waals surface area contributed by atoms with Crippen molar-refractivity contribution >= 4 is 5.91 Å². The summed E-state index contributed by atoms with van der Waals surface area (Å²) in [5, 5.41) is 16.9. The van der Waals surface area contributed by atoms with Crippen LogP contribution in [0.4, 0.5) is 0 Å². The van der Waals surface area contributed by atoms with E-state index >= 15 is 0 Å². The summed E-state index contributed by atoms with van der Waals surface area (Å²) in [6, 6.07) is 3.85. The molecule has 1 aliphatic heterocycles. The Kier molecular flexibility index (Phi) is 4.27. The Bertz CT molecular complexity index is 668. The molecule has 2 N–H and O–H groups in total. The summed E-state index contributed by atoms with van der Waals surface area (Å²) >= 11 is 0. The number of rotatable bonds is 5. The van der Waals surface area contributed by atoms with Crippen molar-refractivity contribution < 1.29 is 9.53 Å². The lowest BCUT2D eigenvalue weighted by Gasteiger charge is -2.17. The Morgan fingerprint density at radius 3 is 2.91 bits per heavy atom. The number of aryl methyl sites for hydroxylation is 2. The molecule has 2 aromatic rings. The van der Waals surface area contributed by atoms with Crippen LogP contribution in [0.15, 0.2) is 12.1 Å². The molecule has 0 bridgehead atoms. The van der Waals surface area contributed by atoms with Gasteiger partial charge in [0.1, 0.15) is 5.75 Å². The Hall–Kier alpha value is -2.44. The van der Waals surface area contributed by atoms with Gasteiger partial charge in [0.2, 0.25) is 0 Å². The monoisotopic (exact) mass is 315 g/mol. The van der Waals surface area contributed by atoms with Gasteiger partial charge in [0, 0.05) is 6.42 Å². The summed E-state index contributed by atoms with van der Waals surface area (Å²) < 4.78 is 5.82. The van der Waals surface area contributed by atoms with E-state index in [-0.39, 0.29) is 11.9 Å². The number of benzene rings is 1. The van der Waals surface area contributed by atoms with Gasteiger partial charge in [-0.3, -0.25) is 4.79 Å². The van der Waals surface area contributed by atoms with Crippen molar-refractivity contribution in [2.45, 2.75) is 52.2 Å². The highest BCUT2D eigenvalue weighted by Crippen LogP contribution is 2.31. The van der Waals surface area contributed by atoms with Gasteiger partial charge in [-0.25, -0.2) is 0 Å². The Labute approximate surface area is 134 Å². The maximum atomic E-state index is 12.5. The maximum absolute atomic E-state index is 12.5. The van der Waals surface area contributed by atoms with Crippen LogP contribution < -0.4 is 10.1 Å². The number of H-pyrrole nitrogens is 1. The number of carbonyl (C=O) groups excluding carboxylic acids is 1. The predicted octanol–water partition coefficient (Wildman–Crippen LogP) is 1.78. The number of aromatic nitrogens is 4. The number of carbonyl (C=O) groups is 1. The van der Waals surface area contributed by atoms with E-state index in [1.807, 2.05) is 19.9 Å². The number of nitrogens with one attached hydrogen (secondary N) is 2. The minimum absolute atomic E-state index is 0.139. The molecule has 122 valence electrons. The highest BCUT2D eigenvalue weighted by atomic mass is 16.5. The summed E-state index contributed by atoms with van der Waals surface area (Å²) in [5.41, 5.74) is 3.46. The number of hydrogen-bond acceptors (Lipinski definition) is 5. The second-order valence-corrected chi connectivity index (χ2v) is 5.97. The van der Waals surface area contributed by atoms with Gasteiger partial charge in [0.05, 0.1) is 6.04 Å². The van der Waals surface area contributed by atoms with Crippen molar-refractivity contribution in [1.82, 2.24) is 25.9 Å². The molecule has 1 aromatic carbocycles. The van der Waals surface area contributed by atoms with Crippen molar-refractivity contribution in [2.75, 3.05) is 0 Å². The molecule has 0 aliphatic carbocycles. The number of aromatic amines is 1. The molecule has 2 heterocycles. The zero-order valence-corrected chi connectivity index (χ0v) is 13.6. The van der Waals surface area contributed by atoms with Gasteiger partial charge in [-0.15, -0.1) is 10.2 Å². The molecule has 7 heteroatoms. The molecule has 1 amide bonds. The van der Waals surface area contributed by atoms with Gasteiger partial charge in [-0.1, -0.05) is 24.6 Å². The number of hydrogen-bond donors (Lipinski definition) is 2. The normalized spacial score (nSPS) is 17.4. The molecule has 0 unspecified atom stereocenters. The third-order valence-electron chi connectivity index (χ3n) is 4.21. The maximum Gasteiger partial charge on any atom is 0.262 e. The van der Waals surface area contributed by atoms with Crippen molar-refractivity contribution in [1.29, 1.82) is 0 Å². The first-order chi connectivity index (χ1) is 11.1. The van der Waals surface area contributed by atoms with E-state index in [0.29, 0.717) is 12.2 Å². The lowest BCUT2D eigenvalue weighted by atomic mass is 10.0. The van der Waals surface area contributed by atoms with Gasteiger partial charge in [0.15, 0.2) is 11.9 Å². The van der Waals surface area contributed by atoms with Crippen molar-refractivity contribution in [3.05, 3.63) is 34.6 Å². The lowest BCUT2D eigenvalue weighted by Crippen LogP contribution is -2.40. The number of tetrazole rings is 1. The smallest absolute Gasteiger partial charge is 0.262 e. The molecule has 0 radical (unpaired) electrons. The molecule has 0 spiro atoms. The Morgan fingerprint density at radius 1 is 1.43 bits per heavy atom. The van der Waals surface area contributed by atoms with Crippen molar-refractivity contribution in [2.24, 2.45) is 0 Å². The largest absolute Gasteiger partial charge is 0.480 e. The van der Waals surface area contributed by atoms with E-state index in [1.54, 1.807) is 0 Å². The predicted molar refractivity (Wildman–Crippen MR) is 84.0 cm³/mol. The first-order valence-corrected chi connectivity index (χ1v) is 7.89. The zero-order valence-electron chi connectivity index (χ0n) is 13.6. The molecule has 0 fully saturated rings. The number of fused-ring (bicyclic) bond motifs is 1. The summed E-state index contributed by atoms with van der Waals surface area (Å²) in [7, 11) is 0. The standard InChI is InChI=1S/C16H21N5O2/c1-4-5-12(15-18-20-21-19-15)17-16(22)14-8-11-6-9(2)10(3)7-13(11)23-14/h6-7,12,14H,4-5,8H2,1-3H3,(H,17,22)(H,18,19,20,21)/t12-,14-/m1/s1. The van der Waals surface area contributed by atoms with Crippen molar-refractivity contribution in [3.8, 4) is 5.75 Å². The highest BCUT2D eigenvalue weighted by Gasteiger charge is 2.31. The molecule has 3 rings (SSSR count). The highest BCUT2D eigenvalue weighted by molar-refractivity contribution is 5.83. The quantitative estimate of drug-likeness (QED) is 0.877. The number of ether oxygens (including phenoxy) is 1. The Morgan fingerprint density at radius 2 is 2.22 bits per heavy atom. The molecule has 23 heavy (non-hydrogen) atoms. The third kappa shape index (κ3) is 3.18. The average Bonchev–Trinajstić information content (AvgIpc) is 3.16. The molecular formula is C16H21N5O2. The molecule has 0 saturated carbocycles. The van der Waals surface area contributed by atoms with E-state index < -0.39 is 6.10 Å². The SMILES string of the molecule is CCC[C@@H](NC(=O)[C@H]1Cc2cc(C)c(C)cc2O1)c1nn[nH]n1. The van der Waals surface area contributed by atoms with Gasteiger partial charge in [0.25, 0.3) is 5.91 Å². The van der Waals surface area contributed by atoms with Crippen LogP contribution in [-0.4, -0.2) is 32.6 Å². The van der Waals surface area contributed by atoms with Crippen LogP contribution in [0.3, 0.4) is 0 Å². The zero-order chi connectivity index (χ0) is 16.4. The number of nitrogens with zero attached hydrogens (tertiary/aromatic N) is 3. The fourth-order valence-electron chi connectivity index (χ4n) is 2.80. The van der Waals surface area contributed by atoms with Crippen LogP contribution in [0.2, 0.25) is 0 Å². The van der Waals surface area contributed by atoms with E-state index in [2.05, 4.69) is 38.9 Å². The van der Waals surface area contributed by atoms with Gasteiger partial charge in [-0.05, 0) is 43.0 Å². The first-order valence-electron chi connectivity index (χ1n) is 7.89. The summed E-state index contributed by atoms with van der Waals surface area (Å²) in [4.78, 5) is 12.5. The minimum atomic E-state index is -0.502. The topological polar surface area (TPSA) is 92.8 Å². The van der Waals surface area contributed by atoms with E-state index in [9.17, 15) is 4.79 Å². The second-order valence-electron chi connectivity index (χ2n) is 5.97. The van der Waals surface area contributed by atoms with E-state index in [4.69, 9.17) is 4.74 Å². The summed E-state index contributed by atoms with van der Waals surface area (Å²) in [6.07, 6.45) is 1.75. The first kappa shape index (κ1) is 15.5. The number of amides is 1.